The normalized spacial score (nSPS) is 29.0. The fourth-order valence-electron chi connectivity index (χ4n) is 2.85. The van der Waals surface area contributed by atoms with Crippen molar-refractivity contribution in [2.75, 3.05) is 18.5 Å². The summed E-state index contributed by atoms with van der Waals surface area (Å²) >= 11 is 1.80. The third-order valence-electron chi connectivity index (χ3n) is 3.55. The van der Waals surface area contributed by atoms with E-state index < -0.39 is 0 Å². The van der Waals surface area contributed by atoms with Crippen LogP contribution in [0.4, 0.5) is 5.13 Å². The van der Waals surface area contributed by atoms with Crippen molar-refractivity contribution in [3.05, 3.63) is 11.1 Å². The standard InChI is InChI=1S/C11H17N3S/c1-12-5-9-7-15-11(13-9)14-6-8-2-3-10(14)4-8/h7-8,10,12H,2-6H2,1H3. The van der Waals surface area contributed by atoms with E-state index in [1.165, 1.54) is 36.6 Å². The first-order valence-corrected chi connectivity index (χ1v) is 6.60. The summed E-state index contributed by atoms with van der Waals surface area (Å²) in [6.45, 7) is 2.13. The molecule has 2 aliphatic rings. The molecule has 15 heavy (non-hydrogen) atoms. The van der Waals surface area contributed by atoms with Crippen molar-refractivity contribution in [3.63, 3.8) is 0 Å². The molecule has 3 rings (SSSR count). The second-order valence-electron chi connectivity index (χ2n) is 4.64. The van der Waals surface area contributed by atoms with Crippen molar-refractivity contribution in [3.8, 4) is 0 Å². The second-order valence-corrected chi connectivity index (χ2v) is 5.47. The van der Waals surface area contributed by atoms with Gasteiger partial charge in [0, 0.05) is 24.5 Å². The number of aromatic nitrogens is 1. The third-order valence-corrected chi connectivity index (χ3v) is 4.48. The van der Waals surface area contributed by atoms with Crippen LogP contribution in [-0.2, 0) is 6.54 Å². The molecule has 0 aromatic carbocycles. The first-order valence-electron chi connectivity index (χ1n) is 5.72. The molecule has 0 spiro atoms. The molecule has 1 saturated carbocycles. The van der Waals surface area contributed by atoms with Crippen molar-refractivity contribution in [2.24, 2.45) is 5.92 Å². The highest BCUT2D eigenvalue weighted by Gasteiger charge is 2.38. The molecule has 1 N–H and O–H groups in total. The minimum Gasteiger partial charge on any atom is -0.345 e. The maximum absolute atomic E-state index is 4.68. The molecule has 3 nitrogen and oxygen atoms in total. The van der Waals surface area contributed by atoms with Gasteiger partial charge in [-0.15, -0.1) is 11.3 Å². The fourth-order valence-corrected chi connectivity index (χ4v) is 3.76. The Balaban J connectivity index is 1.75. The van der Waals surface area contributed by atoms with E-state index in [0.29, 0.717) is 0 Å². The van der Waals surface area contributed by atoms with E-state index in [4.69, 9.17) is 0 Å². The van der Waals surface area contributed by atoms with Crippen LogP contribution in [0.3, 0.4) is 0 Å². The predicted octanol–water partition coefficient (Wildman–Crippen LogP) is 1.85. The zero-order valence-corrected chi connectivity index (χ0v) is 9.89. The molecule has 2 unspecified atom stereocenters. The van der Waals surface area contributed by atoms with Crippen LogP contribution in [0.1, 0.15) is 25.0 Å². The van der Waals surface area contributed by atoms with Gasteiger partial charge in [0.15, 0.2) is 5.13 Å². The van der Waals surface area contributed by atoms with Crippen LogP contribution in [0.5, 0.6) is 0 Å². The minimum atomic E-state index is 0.795. The topological polar surface area (TPSA) is 28.2 Å². The summed E-state index contributed by atoms with van der Waals surface area (Å²) in [5.74, 6) is 0.951. The van der Waals surface area contributed by atoms with Gasteiger partial charge in [-0.05, 0) is 32.2 Å². The van der Waals surface area contributed by atoms with Crippen LogP contribution in [0.25, 0.3) is 0 Å². The Bertz CT molecular complexity index is 349. The molecule has 1 aromatic rings. The van der Waals surface area contributed by atoms with Gasteiger partial charge in [0.25, 0.3) is 0 Å². The van der Waals surface area contributed by atoms with Gasteiger partial charge in [-0.2, -0.15) is 0 Å². The smallest absolute Gasteiger partial charge is 0.185 e. The molecule has 1 saturated heterocycles. The van der Waals surface area contributed by atoms with Crippen LogP contribution in [0.2, 0.25) is 0 Å². The number of fused-ring (bicyclic) bond motifs is 2. The van der Waals surface area contributed by atoms with E-state index in [0.717, 1.165) is 18.5 Å². The molecular formula is C11H17N3S. The van der Waals surface area contributed by atoms with E-state index in [1.807, 2.05) is 7.05 Å². The van der Waals surface area contributed by atoms with Crippen molar-refractivity contribution >= 4 is 16.5 Å². The number of nitrogens with one attached hydrogen (secondary N) is 1. The number of anilines is 1. The largest absolute Gasteiger partial charge is 0.345 e. The molecule has 0 amide bonds. The number of piperidine rings is 1. The van der Waals surface area contributed by atoms with Crippen LogP contribution in [-0.4, -0.2) is 24.6 Å². The summed E-state index contributed by atoms with van der Waals surface area (Å²) in [5.41, 5.74) is 1.18. The van der Waals surface area contributed by atoms with E-state index in [9.17, 15) is 0 Å². The molecule has 2 bridgehead atoms. The summed E-state index contributed by atoms with van der Waals surface area (Å²) in [4.78, 5) is 7.21. The van der Waals surface area contributed by atoms with Gasteiger partial charge in [0.2, 0.25) is 0 Å². The zero-order chi connectivity index (χ0) is 10.3. The number of thiazole rings is 1. The van der Waals surface area contributed by atoms with E-state index >= 15 is 0 Å². The van der Waals surface area contributed by atoms with Gasteiger partial charge >= 0.3 is 0 Å². The Morgan fingerprint density at radius 3 is 3.20 bits per heavy atom. The number of rotatable bonds is 3. The van der Waals surface area contributed by atoms with Gasteiger partial charge in [-0.25, -0.2) is 4.98 Å². The monoisotopic (exact) mass is 223 g/mol. The van der Waals surface area contributed by atoms with E-state index in [2.05, 4.69) is 20.6 Å². The van der Waals surface area contributed by atoms with Gasteiger partial charge < -0.3 is 10.2 Å². The number of hydrogen-bond acceptors (Lipinski definition) is 4. The number of hydrogen-bond donors (Lipinski definition) is 1. The molecule has 2 heterocycles. The summed E-state index contributed by atoms with van der Waals surface area (Å²) in [7, 11) is 1.97. The molecule has 1 aliphatic heterocycles. The Morgan fingerprint density at radius 1 is 1.60 bits per heavy atom. The van der Waals surface area contributed by atoms with E-state index in [1.54, 1.807) is 11.3 Å². The highest BCUT2D eigenvalue weighted by Crippen LogP contribution is 2.40. The average molecular weight is 223 g/mol. The van der Waals surface area contributed by atoms with Crippen molar-refractivity contribution in [1.82, 2.24) is 10.3 Å². The molecule has 1 aliphatic carbocycles. The Morgan fingerprint density at radius 2 is 2.53 bits per heavy atom. The SMILES string of the molecule is CNCc1csc(N2CC3CCC2C3)n1. The second kappa shape index (κ2) is 3.76. The van der Waals surface area contributed by atoms with Gasteiger partial charge in [0.1, 0.15) is 0 Å². The van der Waals surface area contributed by atoms with Gasteiger partial charge in [-0.3, -0.25) is 0 Å². The Kier molecular flexibility index (Phi) is 2.41. The minimum absolute atomic E-state index is 0.795. The van der Waals surface area contributed by atoms with Crippen molar-refractivity contribution in [1.29, 1.82) is 0 Å². The zero-order valence-electron chi connectivity index (χ0n) is 9.07. The van der Waals surface area contributed by atoms with Crippen LogP contribution >= 0.6 is 11.3 Å². The van der Waals surface area contributed by atoms with Gasteiger partial charge in [0.05, 0.1) is 5.69 Å². The summed E-state index contributed by atoms with van der Waals surface area (Å²) in [6, 6.07) is 0.795. The average Bonchev–Trinajstić information content (AvgIpc) is 2.91. The lowest BCUT2D eigenvalue weighted by atomic mass is 10.1. The van der Waals surface area contributed by atoms with Crippen LogP contribution in [0.15, 0.2) is 5.38 Å². The lowest BCUT2D eigenvalue weighted by molar-refractivity contribution is 0.552. The van der Waals surface area contributed by atoms with Crippen molar-refractivity contribution in [2.45, 2.75) is 31.8 Å². The fraction of sp³-hybridized carbons (Fsp3) is 0.727. The number of nitrogens with zero attached hydrogens (tertiary/aromatic N) is 2. The third kappa shape index (κ3) is 1.66. The molecular weight excluding hydrogens is 206 g/mol. The molecule has 0 radical (unpaired) electrons. The molecule has 82 valence electrons. The molecule has 2 fully saturated rings. The van der Waals surface area contributed by atoms with Crippen LogP contribution in [0, 0.1) is 5.92 Å². The Labute approximate surface area is 94.5 Å². The highest BCUT2D eigenvalue weighted by atomic mass is 32.1. The van der Waals surface area contributed by atoms with E-state index in [-0.39, 0.29) is 0 Å². The lowest BCUT2D eigenvalue weighted by Gasteiger charge is -2.26. The first kappa shape index (κ1) is 9.60. The molecule has 1 aromatic heterocycles. The summed E-state index contributed by atoms with van der Waals surface area (Å²) in [6.07, 6.45) is 4.22. The highest BCUT2D eigenvalue weighted by molar-refractivity contribution is 7.13. The summed E-state index contributed by atoms with van der Waals surface area (Å²) < 4.78 is 0. The maximum Gasteiger partial charge on any atom is 0.185 e. The maximum atomic E-state index is 4.68. The van der Waals surface area contributed by atoms with Crippen LogP contribution < -0.4 is 10.2 Å². The van der Waals surface area contributed by atoms with Gasteiger partial charge in [-0.1, -0.05) is 0 Å². The molecule has 4 heteroatoms. The quantitative estimate of drug-likeness (QED) is 0.847. The first-order chi connectivity index (χ1) is 7.36. The van der Waals surface area contributed by atoms with Crippen molar-refractivity contribution < 1.29 is 0 Å². The predicted molar refractivity (Wildman–Crippen MR) is 63.4 cm³/mol. The Hall–Kier alpha value is -0.610. The molecule has 2 atom stereocenters. The lowest BCUT2D eigenvalue weighted by Crippen LogP contribution is -2.31. The summed E-state index contributed by atoms with van der Waals surface area (Å²) in [5, 5.41) is 6.57.